The van der Waals surface area contributed by atoms with Gasteiger partial charge in [0.05, 0.1) is 34.4 Å². The third-order valence-corrected chi connectivity index (χ3v) is 4.38. The summed E-state index contributed by atoms with van der Waals surface area (Å²) in [5.41, 5.74) is 0. The van der Waals surface area contributed by atoms with Crippen LogP contribution >= 0.6 is 7.82 Å². The minimum absolute atomic E-state index is 0.00832. The van der Waals surface area contributed by atoms with Gasteiger partial charge in [-0.05, 0) is 6.42 Å². The molecule has 0 radical (unpaired) electrons. The van der Waals surface area contributed by atoms with Gasteiger partial charge in [-0.1, -0.05) is 32.6 Å². The molecule has 0 bridgehead atoms. The van der Waals surface area contributed by atoms with E-state index in [1.807, 2.05) is 21.1 Å². The summed E-state index contributed by atoms with van der Waals surface area (Å²) in [6.07, 6.45) is 4.21. The van der Waals surface area contributed by atoms with Gasteiger partial charge in [-0.3, -0.25) is 9.36 Å². The van der Waals surface area contributed by atoms with Crippen molar-refractivity contribution in [3.05, 3.63) is 0 Å². The van der Waals surface area contributed by atoms with E-state index in [2.05, 4.69) is 11.4 Å². The fraction of sp³-hybridized carbons (Fsp3) is 0.938. The second kappa shape index (κ2) is 12.8. The normalized spacial score (nSPS) is 15.6. The predicted octanol–water partition coefficient (Wildman–Crippen LogP) is 1.46. The SMILES string of the molecule is CCCCCCCC(=O)O[C@@H](CO)COP(=O)([O-])OCC[N+](C)(C)C. The lowest BCUT2D eigenvalue weighted by molar-refractivity contribution is -0.870. The molecule has 0 aromatic carbocycles. The Hall–Kier alpha value is -0.500. The van der Waals surface area contributed by atoms with E-state index in [0.29, 0.717) is 17.4 Å². The van der Waals surface area contributed by atoms with Crippen molar-refractivity contribution in [1.29, 1.82) is 0 Å². The number of ether oxygens (including phenoxy) is 1. The second-order valence-corrected chi connectivity index (χ2v) is 8.46. The Morgan fingerprint density at radius 1 is 1.16 bits per heavy atom. The van der Waals surface area contributed by atoms with Crippen molar-refractivity contribution in [1.82, 2.24) is 0 Å². The minimum Gasteiger partial charge on any atom is -0.756 e. The molecular formula is C16H34NO7P. The van der Waals surface area contributed by atoms with Crippen LogP contribution < -0.4 is 4.89 Å². The number of hydrogen-bond acceptors (Lipinski definition) is 7. The Bertz CT molecular complexity index is 412. The summed E-state index contributed by atoms with van der Waals surface area (Å²) in [4.78, 5) is 23.3. The first-order valence-electron chi connectivity index (χ1n) is 8.80. The average Bonchev–Trinajstić information content (AvgIpc) is 2.49. The van der Waals surface area contributed by atoms with E-state index < -0.39 is 33.1 Å². The van der Waals surface area contributed by atoms with Crippen LogP contribution in [-0.2, 0) is 23.1 Å². The number of nitrogens with zero attached hydrogens (tertiary/aromatic N) is 1. The highest BCUT2D eigenvalue weighted by Gasteiger charge is 2.19. The van der Waals surface area contributed by atoms with Gasteiger partial charge in [0.15, 0.2) is 0 Å². The molecule has 0 fully saturated rings. The third-order valence-electron chi connectivity index (χ3n) is 3.42. The van der Waals surface area contributed by atoms with Crippen molar-refractivity contribution in [2.24, 2.45) is 0 Å². The summed E-state index contributed by atoms with van der Waals surface area (Å²) < 4.78 is 26.7. The number of phosphoric acid groups is 1. The van der Waals surface area contributed by atoms with Gasteiger partial charge < -0.3 is 28.3 Å². The van der Waals surface area contributed by atoms with Crippen molar-refractivity contribution >= 4 is 13.8 Å². The maximum absolute atomic E-state index is 11.7. The highest BCUT2D eigenvalue weighted by Crippen LogP contribution is 2.38. The van der Waals surface area contributed by atoms with Crippen LogP contribution in [0, 0.1) is 0 Å². The van der Waals surface area contributed by atoms with Gasteiger partial charge in [-0.25, -0.2) is 0 Å². The Morgan fingerprint density at radius 2 is 1.80 bits per heavy atom. The van der Waals surface area contributed by atoms with Crippen LogP contribution in [0.1, 0.15) is 45.4 Å². The number of rotatable bonds is 15. The number of hydrogen-bond donors (Lipinski definition) is 1. The van der Waals surface area contributed by atoms with Crippen LogP contribution in [0.25, 0.3) is 0 Å². The first-order chi connectivity index (χ1) is 11.6. The van der Waals surface area contributed by atoms with Gasteiger partial charge in [0.25, 0.3) is 7.82 Å². The first-order valence-corrected chi connectivity index (χ1v) is 10.3. The maximum atomic E-state index is 11.7. The molecule has 1 N–H and O–H groups in total. The number of aliphatic hydroxyl groups excluding tert-OH is 1. The van der Waals surface area contributed by atoms with E-state index in [9.17, 15) is 19.4 Å². The summed E-state index contributed by atoms with van der Waals surface area (Å²) in [7, 11) is 1.23. The molecule has 0 amide bonds. The van der Waals surface area contributed by atoms with Crippen LogP contribution in [0.3, 0.4) is 0 Å². The summed E-state index contributed by atoms with van der Waals surface area (Å²) in [5.74, 6) is -0.467. The highest BCUT2D eigenvalue weighted by atomic mass is 31.2. The smallest absolute Gasteiger partial charge is 0.306 e. The lowest BCUT2D eigenvalue weighted by atomic mass is 10.1. The molecule has 0 aromatic rings. The zero-order valence-electron chi connectivity index (χ0n) is 15.9. The van der Waals surface area contributed by atoms with Crippen molar-refractivity contribution in [3.63, 3.8) is 0 Å². The van der Waals surface area contributed by atoms with Crippen molar-refractivity contribution in [2.75, 3.05) is 47.5 Å². The Kier molecular flexibility index (Phi) is 12.5. The lowest BCUT2D eigenvalue weighted by Crippen LogP contribution is -2.37. The fourth-order valence-electron chi connectivity index (χ4n) is 1.88. The van der Waals surface area contributed by atoms with Gasteiger partial charge in [-0.15, -0.1) is 0 Å². The van der Waals surface area contributed by atoms with Gasteiger partial charge in [0, 0.05) is 6.42 Å². The molecule has 0 heterocycles. The molecule has 8 nitrogen and oxygen atoms in total. The molecule has 9 heteroatoms. The molecule has 0 saturated carbocycles. The number of esters is 1. The summed E-state index contributed by atoms with van der Waals surface area (Å²) >= 11 is 0. The summed E-state index contributed by atoms with van der Waals surface area (Å²) in [6, 6.07) is 0. The molecule has 25 heavy (non-hydrogen) atoms. The number of aliphatic hydroxyl groups is 1. The highest BCUT2D eigenvalue weighted by molar-refractivity contribution is 7.45. The standard InChI is InChI=1S/C16H34NO7P/c1-5-6-7-8-9-10-16(19)24-15(13-18)14-23-25(20,21)22-12-11-17(2,3)4/h15,18H,5-14H2,1-4H3/t15-/m0/s1. The molecule has 0 spiro atoms. The van der Waals surface area contributed by atoms with Crippen molar-refractivity contribution in [3.8, 4) is 0 Å². The van der Waals surface area contributed by atoms with E-state index >= 15 is 0 Å². The summed E-state index contributed by atoms with van der Waals surface area (Å²) in [5, 5.41) is 9.20. The van der Waals surface area contributed by atoms with E-state index in [0.717, 1.165) is 25.7 Å². The van der Waals surface area contributed by atoms with Crippen LogP contribution in [0.2, 0.25) is 0 Å². The average molecular weight is 383 g/mol. The zero-order valence-corrected chi connectivity index (χ0v) is 16.8. The van der Waals surface area contributed by atoms with Crippen molar-refractivity contribution in [2.45, 2.75) is 51.6 Å². The summed E-state index contributed by atoms with van der Waals surface area (Å²) in [6.45, 7) is 1.63. The molecular weight excluding hydrogens is 349 g/mol. The number of quaternary nitrogens is 1. The minimum atomic E-state index is -4.49. The Morgan fingerprint density at radius 3 is 2.36 bits per heavy atom. The molecule has 0 rings (SSSR count). The number of carbonyl (C=O) groups is 1. The molecule has 1 unspecified atom stereocenters. The van der Waals surface area contributed by atoms with E-state index in [1.54, 1.807) is 0 Å². The number of unbranched alkanes of at least 4 members (excludes halogenated alkanes) is 4. The van der Waals surface area contributed by atoms with Gasteiger partial charge in [0.2, 0.25) is 0 Å². The molecule has 0 aliphatic carbocycles. The fourth-order valence-corrected chi connectivity index (χ4v) is 2.61. The van der Waals surface area contributed by atoms with Crippen LogP contribution in [0.5, 0.6) is 0 Å². The van der Waals surface area contributed by atoms with Crippen LogP contribution in [0.15, 0.2) is 0 Å². The van der Waals surface area contributed by atoms with E-state index in [4.69, 9.17) is 9.26 Å². The second-order valence-electron chi connectivity index (χ2n) is 7.05. The van der Waals surface area contributed by atoms with Gasteiger partial charge >= 0.3 is 5.97 Å². The lowest BCUT2D eigenvalue weighted by Gasteiger charge is -2.28. The molecule has 0 aromatic heterocycles. The molecule has 0 aliphatic rings. The van der Waals surface area contributed by atoms with Gasteiger partial charge in [0.1, 0.15) is 19.3 Å². The molecule has 150 valence electrons. The number of likely N-dealkylation sites (N-methyl/N-ethyl adjacent to an activating group) is 1. The maximum Gasteiger partial charge on any atom is 0.306 e. The van der Waals surface area contributed by atoms with Crippen LogP contribution in [0.4, 0.5) is 0 Å². The Balaban J connectivity index is 4.05. The van der Waals surface area contributed by atoms with E-state index in [1.165, 1.54) is 0 Å². The zero-order chi connectivity index (χ0) is 19.3. The van der Waals surface area contributed by atoms with Crippen LogP contribution in [-0.4, -0.2) is 69.2 Å². The Labute approximate surface area is 151 Å². The topological polar surface area (TPSA) is 105 Å². The molecule has 0 saturated heterocycles. The first kappa shape index (κ1) is 24.5. The molecule has 0 aliphatic heterocycles. The quantitative estimate of drug-likeness (QED) is 0.197. The monoisotopic (exact) mass is 383 g/mol. The third kappa shape index (κ3) is 15.5. The predicted molar refractivity (Wildman–Crippen MR) is 92.8 cm³/mol. The molecule has 2 atom stereocenters. The van der Waals surface area contributed by atoms with Crippen molar-refractivity contribution < 1.29 is 37.6 Å². The van der Waals surface area contributed by atoms with Gasteiger partial charge in [-0.2, -0.15) is 0 Å². The largest absolute Gasteiger partial charge is 0.756 e. The number of carbonyl (C=O) groups excluding carboxylic acids is 1. The number of phosphoric ester groups is 1. The van der Waals surface area contributed by atoms with E-state index in [-0.39, 0.29) is 13.0 Å².